The van der Waals surface area contributed by atoms with Gasteiger partial charge >= 0.3 is 0 Å². The van der Waals surface area contributed by atoms with Crippen molar-refractivity contribution in [2.24, 2.45) is 0 Å². The summed E-state index contributed by atoms with van der Waals surface area (Å²) in [6, 6.07) is 5.42. The second-order valence-corrected chi connectivity index (χ2v) is 3.92. The van der Waals surface area contributed by atoms with Crippen LogP contribution in [0.2, 0.25) is 0 Å². The van der Waals surface area contributed by atoms with Gasteiger partial charge in [-0.15, -0.1) is 0 Å². The number of H-pyrrole nitrogens is 1. The molecule has 5 heteroatoms. The van der Waals surface area contributed by atoms with Crippen molar-refractivity contribution in [3.05, 3.63) is 46.6 Å². The van der Waals surface area contributed by atoms with Crippen molar-refractivity contribution in [2.45, 2.75) is 26.4 Å². The van der Waals surface area contributed by atoms with E-state index in [2.05, 4.69) is 15.5 Å². The van der Waals surface area contributed by atoms with Crippen LogP contribution in [0.5, 0.6) is 0 Å². The predicted molar refractivity (Wildman–Crippen MR) is 67.0 cm³/mol. The molecule has 1 atom stereocenters. The van der Waals surface area contributed by atoms with Crippen molar-refractivity contribution in [3.63, 3.8) is 0 Å². The Morgan fingerprint density at radius 3 is 2.94 bits per heavy atom. The highest BCUT2D eigenvalue weighted by Crippen LogP contribution is 2.15. The largest absolute Gasteiger partial charge is 0.376 e. The average molecular weight is 232 g/mol. The number of aryl methyl sites for hydroxylation is 1. The fourth-order valence-electron chi connectivity index (χ4n) is 1.70. The summed E-state index contributed by atoms with van der Waals surface area (Å²) in [7, 11) is 0. The number of nitrogens with one attached hydrogen (secondary N) is 2. The third-order valence-corrected chi connectivity index (χ3v) is 2.70. The molecule has 2 heterocycles. The fourth-order valence-corrected chi connectivity index (χ4v) is 1.70. The maximum absolute atomic E-state index is 11.4. The molecule has 0 bridgehead atoms. The maximum Gasteiger partial charge on any atom is 0.250 e. The number of anilines is 1. The molecule has 2 rings (SSSR count). The molecule has 0 amide bonds. The first-order valence-corrected chi connectivity index (χ1v) is 5.67. The standard InChI is InChI=1S/C12H16N4O/c1-3-16-8-10(4-5-12(16)17)14-9(2)11-6-7-13-15-11/h4-9,14H,3H2,1-2H3,(H,13,15). The predicted octanol–water partition coefficient (Wildman–Crippen LogP) is 1.76. The van der Waals surface area contributed by atoms with Crippen LogP contribution >= 0.6 is 0 Å². The minimum absolute atomic E-state index is 0.0206. The molecule has 2 N–H and O–H groups in total. The lowest BCUT2D eigenvalue weighted by Crippen LogP contribution is -2.18. The van der Waals surface area contributed by atoms with E-state index in [-0.39, 0.29) is 11.6 Å². The van der Waals surface area contributed by atoms with E-state index in [0.717, 1.165) is 11.4 Å². The van der Waals surface area contributed by atoms with E-state index in [4.69, 9.17) is 0 Å². The molecule has 0 aliphatic carbocycles. The van der Waals surface area contributed by atoms with Crippen LogP contribution in [-0.2, 0) is 6.54 Å². The molecular weight excluding hydrogens is 216 g/mol. The summed E-state index contributed by atoms with van der Waals surface area (Å²) in [5, 5.41) is 10.1. The molecule has 90 valence electrons. The van der Waals surface area contributed by atoms with Crippen molar-refractivity contribution in [2.75, 3.05) is 5.32 Å². The quantitative estimate of drug-likeness (QED) is 0.844. The second-order valence-electron chi connectivity index (χ2n) is 3.92. The summed E-state index contributed by atoms with van der Waals surface area (Å²) in [6.07, 6.45) is 3.55. The normalized spacial score (nSPS) is 12.4. The zero-order valence-electron chi connectivity index (χ0n) is 9.97. The van der Waals surface area contributed by atoms with Gasteiger partial charge in [0.25, 0.3) is 5.56 Å². The summed E-state index contributed by atoms with van der Waals surface area (Å²) >= 11 is 0. The van der Waals surface area contributed by atoms with Crippen LogP contribution < -0.4 is 10.9 Å². The highest BCUT2D eigenvalue weighted by atomic mass is 16.1. The van der Waals surface area contributed by atoms with Gasteiger partial charge in [0.2, 0.25) is 0 Å². The van der Waals surface area contributed by atoms with Crippen LogP contribution in [0.3, 0.4) is 0 Å². The molecule has 0 saturated heterocycles. The second kappa shape index (κ2) is 4.86. The Bertz CT molecular complexity index is 530. The third-order valence-electron chi connectivity index (χ3n) is 2.70. The topological polar surface area (TPSA) is 62.7 Å². The van der Waals surface area contributed by atoms with Crippen molar-refractivity contribution < 1.29 is 0 Å². The number of rotatable bonds is 4. The zero-order valence-corrected chi connectivity index (χ0v) is 9.97. The monoisotopic (exact) mass is 232 g/mol. The van der Waals surface area contributed by atoms with Crippen molar-refractivity contribution in [1.29, 1.82) is 0 Å². The smallest absolute Gasteiger partial charge is 0.250 e. The first kappa shape index (κ1) is 11.4. The zero-order chi connectivity index (χ0) is 12.3. The number of hydrogen-bond acceptors (Lipinski definition) is 3. The molecule has 1 unspecified atom stereocenters. The SMILES string of the molecule is CCn1cc(NC(C)c2ccn[nH]2)ccc1=O. The molecule has 0 radical (unpaired) electrons. The number of hydrogen-bond donors (Lipinski definition) is 2. The molecule has 0 aliphatic rings. The minimum Gasteiger partial charge on any atom is -0.376 e. The van der Waals surface area contributed by atoms with Gasteiger partial charge in [-0.05, 0) is 26.0 Å². The van der Waals surface area contributed by atoms with Crippen molar-refractivity contribution >= 4 is 5.69 Å². The Labute approximate surface area is 99.5 Å². The Kier molecular flexibility index (Phi) is 3.27. The van der Waals surface area contributed by atoms with Gasteiger partial charge in [0, 0.05) is 25.0 Å². The molecule has 0 saturated carbocycles. The summed E-state index contributed by atoms with van der Waals surface area (Å²) < 4.78 is 1.67. The number of nitrogens with zero attached hydrogens (tertiary/aromatic N) is 2. The fraction of sp³-hybridized carbons (Fsp3) is 0.333. The van der Waals surface area contributed by atoms with Gasteiger partial charge < -0.3 is 9.88 Å². The van der Waals surface area contributed by atoms with E-state index < -0.39 is 0 Å². The van der Waals surface area contributed by atoms with E-state index in [1.807, 2.05) is 26.1 Å². The van der Waals surface area contributed by atoms with Gasteiger partial charge in [0.1, 0.15) is 0 Å². The Morgan fingerprint density at radius 1 is 1.47 bits per heavy atom. The van der Waals surface area contributed by atoms with Crippen LogP contribution in [0.4, 0.5) is 5.69 Å². The van der Waals surface area contributed by atoms with Gasteiger partial charge in [-0.2, -0.15) is 5.10 Å². The van der Waals surface area contributed by atoms with E-state index in [1.54, 1.807) is 22.9 Å². The van der Waals surface area contributed by atoms with E-state index >= 15 is 0 Å². The highest BCUT2D eigenvalue weighted by molar-refractivity contribution is 5.42. The van der Waals surface area contributed by atoms with Crippen LogP contribution in [0, 0.1) is 0 Å². The molecule has 0 fully saturated rings. The molecule has 2 aromatic heterocycles. The van der Waals surface area contributed by atoms with E-state index in [9.17, 15) is 4.79 Å². The van der Waals surface area contributed by atoms with Gasteiger partial charge in [0.05, 0.1) is 17.4 Å². The van der Waals surface area contributed by atoms with Crippen LogP contribution in [-0.4, -0.2) is 14.8 Å². The molecule has 2 aromatic rings. The van der Waals surface area contributed by atoms with E-state index in [1.165, 1.54) is 0 Å². The molecule has 0 spiro atoms. The molecule has 0 aromatic carbocycles. The third kappa shape index (κ3) is 2.55. The van der Waals surface area contributed by atoms with E-state index in [0.29, 0.717) is 6.54 Å². The first-order valence-electron chi connectivity index (χ1n) is 5.67. The molecule has 0 aliphatic heterocycles. The molecule has 5 nitrogen and oxygen atoms in total. The Balaban J connectivity index is 2.16. The Morgan fingerprint density at radius 2 is 2.29 bits per heavy atom. The van der Waals surface area contributed by atoms with Crippen molar-refractivity contribution in [1.82, 2.24) is 14.8 Å². The molecule has 17 heavy (non-hydrogen) atoms. The summed E-state index contributed by atoms with van der Waals surface area (Å²) in [6.45, 7) is 4.66. The number of pyridine rings is 1. The average Bonchev–Trinajstić information content (AvgIpc) is 2.85. The number of aromatic amines is 1. The lowest BCUT2D eigenvalue weighted by Gasteiger charge is -2.14. The lowest BCUT2D eigenvalue weighted by atomic mass is 10.2. The van der Waals surface area contributed by atoms with Gasteiger partial charge in [-0.1, -0.05) is 0 Å². The highest BCUT2D eigenvalue weighted by Gasteiger charge is 2.06. The van der Waals surface area contributed by atoms with Gasteiger partial charge in [0.15, 0.2) is 0 Å². The minimum atomic E-state index is 0.0206. The maximum atomic E-state index is 11.4. The van der Waals surface area contributed by atoms with Crippen LogP contribution in [0.25, 0.3) is 0 Å². The number of aromatic nitrogens is 3. The van der Waals surface area contributed by atoms with Gasteiger partial charge in [-0.3, -0.25) is 9.89 Å². The molecular formula is C12H16N4O. The van der Waals surface area contributed by atoms with Crippen LogP contribution in [0.15, 0.2) is 35.4 Å². The summed E-state index contributed by atoms with van der Waals surface area (Å²) in [5.41, 5.74) is 1.96. The first-order chi connectivity index (χ1) is 8.20. The van der Waals surface area contributed by atoms with Crippen molar-refractivity contribution in [3.8, 4) is 0 Å². The van der Waals surface area contributed by atoms with Gasteiger partial charge in [-0.25, -0.2) is 0 Å². The summed E-state index contributed by atoms with van der Waals surface area (Å²) in [5.74, 6) is 0. The Hall–Kier alpha value is -2.04. The van der Waals surface area contributed by atoms with Crippen LogP contribution in [0.1, 0.15) is 25.6 Å². The summed E-state index contributed by atoms with van der Waals surface area (Å²) in [4.78, 5) is 11.4. The lowest BCUT2D eigenvalue weighted by molar-refractivity contribution is 0.724.